The third kappa shape index (κ3) is 4.22. The van der Waals surface area contributed by atoms with E-state index in [1.165, 1.54) is 28.7 Å². The Hall–Kier alpha value is -1.56. The van der Waals surface area contributed by atoms with Crippen LogP contribution < -0.4 is 5.32 Å². The minimum absolute atomic E-state index is 0.310. The van der Waals surface area contributed by atoms with Crippen molar-refractivity contribution < 1.29 is 14.3 Å². The molecule has 2 atom stereocenters. The number of carbonyl (C=O) groups is 2. The van der Waals surface area contributed by atoms with E-state index >= 15 is 0 Å². The lowest BCUT2D eigenvalue weighted by molar-refractivity contribution is -0.123. The van der Waals surface area contributed by atoms with Gasteiger partial charge in [0.15, 0.2) is 6.10 Å². The van der Waals surface area contributed by atoms with Crippen LogP contribution in [0.2, 0.25) is 10.0 Å². The quantitative estimate of drug-likeness (QED) is 0.688. The van der Waals surface area contributed by atoms with Crippen LogP contribution in [-0.2, 0) is 22.4 Å². The zero-order chi connectivity index (χ0) is 18.8. The van der Waals surface area contributed by atoms with Crippen LogP contribution in [0.3, 0.4) is 0 Å². The van der Waals surface area contributed by atoms with Crippen molar-refractivity contribution in [1.82, 2.24) is 0 Å². The Balaban J connectivity index is 1.65. The molecule has 7 heteroatoms. The number of esters is 1. The van der Waals surface area contributed by atoms with Gasteiger partial charge in [-0.15, -0.1) is 11.3 Å². The molecular weight excluding hydrogens is 393 g/mol. The average Bonchev–Trinajstić information content (AvgIpc) is 3.01. The van der Waals surface area contributed by atoms with E-state index in [1.54, 1.807) is 18.2 Å². The lowest BCUT2D eigenvalue weighted by Gasteiger charge is -2.16. The summed E-state index contributed by atoms with van der Waals surface area (Å²) < 4.78 is 5.33. The molecule has 0 fully saturated rings. The van der Waals surface area contributed by atoms with E-state index in [2.05, 4.69) is 12.2 Å². The van der Waals surface area contributed by atoms with Gasteiger partial charge in [0.1, 0.15) is 4.88 Å². The summed E-state index contributed by atoms with van der Waals surface area (Å²) >= 11 is 13.5. The summed E-state index contributed by atoms with van der Waals surface area (Å²) in [7, 11) is 0. The van der Waals surface area contributed by atoms with Crippen molar-refractivity contribution in [1.29, 1.82) is 0 Å². The number of hydrogen-bond acceptors (Lipinski definition) is 4. The first-order chi connectivity index (χ1) is 12.3. The molecule has 1 amide bonds. The molecule has 1 aromatic carbocycles. The molecular formula is C19H19Cl2NO3S. The number of amides is 1. The summed E-state index contributed by atoms with van der Waals surface area (Å²) in [6, 6.07) is 6.82. The summed E-state index contributed by atoms with van der Waals surface area (Å²) in [6.07, 6.45) is 2.16. The predicted octanol–water partition coefficient (Wildman–Crippen LogP) is 5.36. The van der Waals surface area contributed by atoms with Gasteiger partial charge >= 0.3 is 5.97 Å². The average molecular weight is 412 g/mol. The number of hydrogen-bond donors (Lipinski definition) is 1. The smallest absolute Gasteiger partial charge is 0.349 e. The number of para-hydroxylation sites is 1. The van der Waals surface area contributed by atoms with E-state index < -0.39 is 18.0 Å². The minimum Gasteiger partial charge on any atom is -0.448 e. The molecule has 0 radical (unpaired) electrons. The van der Waals surface area contributed by atoms with Crippen molar-refractivity contribution >= 4 is 52.1 Å². The Morgan fingerprint density at radius 1 is 1.31 bits per heavy atom. The molecule has 1 aromatic heterocycles. The minimum atomic E-state index is -0.965. The largest absolute Gasteiger partial charge is 0.448 e. The summed E-state index contributed by atoms with van der Waals surface area (Å²) in [4.78, 5) is 26.5. The summed E-state index contributed by atoms with van der Waals surface area (Å²) in [5.41, 5.74) is 1.53. The first-order valence-electron chi connectivity index (χ1n) is 8.42. The third-order valence-corrected chi connectivity index (χ3v) is 6.24. The number of carbonyl (C=O) groups excluding carboxylic acids is 2. The molecule has 0 saturated carbocycles. The van der Waals surface area contributed by atoms with Crippen molar-refractivity contribution in [3.8, 4) is 0 Å². The van der Waals surface area contributed by atoms with Gasteiger partial charge in [-0.2, -0.15) is 0 Å². The highest BCUT2D eigenvalue weighted by atomic mass is 35.5. The van der Waals surface area contributed by atoms with E-state index in [0.29, 0.717) is 26.5 Å². The molecule has 0 aliphatic heterocycles. The molecule has 1 N–H and O–H groups in total. The lowest BCUT2D eigenvalue weighted by Crippen LogP contribution is -2.30. The molecule has 1 aliphatic carbocycles. The normalized spacial score (nSPS) is 17.3. The fraction of sp³-hybridized carbons (Fsp3) is 0.368. The van der Waals surface area contributed by atoms with Crippen molar-refractivity contribution in [2.45, 2.75) is 39.2 Å². The summed E-state index contributed by atoms with van der Waals surface area (Å²) in [5, 5.41) is 3.26. The van der Waals surface area contributed by atoms with Gasteiger partial charge in [0.05, 0.1) is 15.7 Å². The molecule has 0 spiro atoms. The van der Waals surface area contributed by atoms with Gasteiger partial charge in [0.25, 0.3) is 5.91 Å². The first kappa shape index (κ1) is 19.2. The Morgan fingerprint density at radius 2 is 2.00 bits per heavy atom. The van der Waals surface area contributed by atoms with E-state index in [0.717, 1.165) is 19.3 Å². The van der Waals surface area contributed by atoms with Crippen LogP contribution >= 0.6 is 34.5 Å². The molecule has 4 nitrogen and oxygen atoms in total. The number of thiophene rings is 1. The van der Waals surface area contributed by atoms with E-state index in [1.807, 2.05) is 6.07 Å². The molecule has 138 valence electrons. The standard InChI is InChI=1S/C19H19Cl2NO3S/c1-10-6-7-15-12(8-10)9-16(26-15)19(24)25-11(2)18(23)22-17-13(20)4-3-5-14(17)21/h3-5,9-11H,6-8H2,1-2H3,(H,22,23)/t10-,11+/m1/s1. The number of aryl methyl sites for hydroxylation is 1. The van der Waals surface area contributed by atoms with Crippen LogP contribution in [0.25, 0.3) is 0 Å². The number of benzene rings is 1. The van der Waals surface area contributed by atoms with E-state index in [9.17, 15) is 9.59 Å². The Kier molecular flexibility index (Phi) is 5.90. The van der Waals surface area contributed by atoms with E-state index in [-0.39, 0.29) is 0 Å². The number of halogens is 2. The molecule has 0 bridgehead atoms. The summed E-state index contributed by atoms with van der Waals surface area (Å²) in [5.74, 6) is -0.334. The number of ether oxygens (including phenoxy) is 1. The van der Waals surface area contributed by atoms with Gasteiger partial charge in [-0.3, -0.25) is 4.79 Å². The topological polar surface area (TPSA) is 55.4 Å². The molecule has 0 saturated heterocycles. The number of anilines is 1. The predicted molar refractivity (Wildman–Crippen MR) is 105 cm³/mol. The Morgan fingerprint density at radius 3 is 2.69 bits per heavy atom. The van der Waals surface area contributed by atoms with Gasteiger partial charge in [-0.1, -0.05) is 36.2 Å². The fourth-order valence-electron chi connectivity index (χ4n) is 2.92. The van der Waals surface area contributed by atoms with Crippen molar-refractivity contribution in [3.05, 3.63) is 49.6 Å². The molecule has 2 aromatic rings. The Labute approximate surface area is 166 Å². The monoisotopic (exact) mass is 411 g/mol. The van der Waals surface area contributed by atoms with Gasteiger partial charge in [0.2, 0.25) is 0 Å². The van der Waals surface area contributed by atoms with Crippen LogP contribution in [0, 0.1) is 5.92 Å². The van der Waals surface area contributed by atoms with Crippen molar-refractivity contribution in [2.75, 3.05) is 5.32 Å². The zero-order valence-electron chi connectivity index (χ0n) is 14.5. The lowest BCUT2D eigenvalue weighted by atomic mass is 9.90. The van der Waals surface area contributed by atoms with Crippen LogP contribution in [-0.4, -0.2) is 18.0 Å². The number of fused-ring (bicyclic) bond motifs is 1. The van der Waals surface area contributed by atoms with Gasteiger partial charge < -0.3 is 10.1 Å². The fourth-order valence-corrected chi connectivity index (χ4v) is 4.50. The highest BCUT2D eigenvalue weighted by Crippen LogP contribution is 2.33. The molecule has 3 rings (SSSR count). The summed E-state index contributed by atoms with van der Waals surface area (Å²) in [6.45, 7) is 3.73. The maximum absolute atomic E-state index is 12.4. The maximum Gasteiger partial charge on any atom is 0.349 e. The van der Waals surface area contributed by atoms with Gasteiger partial charge in [-0.05, 0) is 55.9 Å². The first-order valence-corrected chi connectivity index (χ1v) is 10.00. The molecule has 0 unspecified atom stereocenters. The van der Waals surface area contributed by atoms with Crippen LogP contribution in [0.5, 0.6) is 0 Å². The number of rotatable bonds is 4. The van der Waals surface area contributed by atoms with Crippen LogP contribution in [0.15, 0.2) is 24.3 Å². The second kappa shape index (κ2) is 7.99. The second-order valence-corrected chi connectivity index (χ2v) is 8.49. The maximum atomic E-state index is 12.4. The zero-order valence-corrected chi connectivity index (χ0v) is 16.8. The van der Waals surface area contributed by atoms with Crippen LogP contribution in [0.1, 0.15) is 40.4 Å². The van der Waals surface area contributed by atoms with Crippen LogP contribution in [0.4, 0.5) is 5.69 Å². The third-order valence-electron chi connectivity index (χ3n) is 4.39. The van der Waals surface area contributed by atoms with Gasteiger partial charge in [0, 0.05) is 4.88 Å². The molecule has 26 heavy (non-hydrogen) atoms. The highest BCUT2D eigenvalue weighted by Gasteiger charge is 2.25. The van der Waals surface area contributed by atoms with E-state index in [4.69, 9.17) is 27.9 Å². The number of nitrogens with one attached hydrogen (secondary N) is 1. The molecule has 1 heterocycles. The van der Waals surface area contributed by atoms with Crippen molar-refractivity contribution in [3.63, 3.8) is 0 Å². The molecule has 1 aliphatic rings. The Bertz CT molecular complexity index is 829. The van der Waals surface area contributed by atoms with Crippen molar-refractivity contribution in [2.24, 2.45) is 5.92 Å². The highest BCUT2D eigenvalue weighted by molar-refractivity contribution is 7.14. The SMILES string of the molecule is C[C@@H]1CCc2sc(C(=O)O[C@@H](C)C(=O)Nc3c(Cl)cccc3Cl)cc2C1. The second-order valence-electron chi connectivity index (χ2n) is 6.54. The van der Waals surface area contributed by atoms with Gasteiger partial charge in [-0.25, -0.2) is 4.79 Å².